The molecule has 1 aliphatic heterocycles. The largest absolute Gasteiger partial charge is 0.339 e. The first kappa shape index (κ1) is 19.9. The van der Waals surface area contributed by atoms with Gasteiger partial charge in [-0.05, 0) is 54.8 Å². The first-order valence-electron chi connectivity index (χ1n) is 9.52. The zero-order chi connectivity index (χ0) is 19.2. The van der Waals surface area contributed by atoms with Crippen LogP contribution in [0, 0.1) is 5.92 Å². The van der Waals surface area contributed by atoms with Crippen molar-refractivity contribution in [2.45, 2.75) is 39.0 Å². The molecule has 6 heteroatoms. The van der Waals surface area contributed by atoms with E-state index in [2.05, 4.69) is 12.2 Å². The fourth-order valence-corrected chi connectivity index (χ4v) is 4.38. The highest BCUT2D eigenvalue weighted by Gasteiger charge is 2.22. The molecule has 0 radical (unpaired) electrons. The Labute approximate surface area is 169 Å². The van der Waals surface area contributed by atoms with E-state index in [0.717, 1.165) is 31.8 Å². The standard InChI is InChI=1S/C21H25ClN2O2S/c1-2-5-15-6-3-11-24(12-10-15)21(26)16-8-9-17(22)18(14-16)23-20(25)19-7-4-13-27-19/h4,7-9,13-15H,2-3,5-6,10-12H2,1H3,(H,23,25). The maximum absolute atomic E-state index is 13.0. The molecule has 1 unspecified atom stereocenters. The van der Waals surface area contributed by atoms with Crippen molar-refractivity contribution < 1.29 is 9.59 Å². The predicted molar refractivity (Wildman–Crippen MR) is 112 cm³/mol. The summed E-state index contributed by atoms with van der Waals surface area (Å²) >= 11 is 7.60. The maximum atomic E-state index is 13.0. The third-order valence-electron chi connectivity index (χ3n) is 5.04. The molecule has 1 saturated heterocycles. The van der Waals surface area contributed by atoms with Gasteiger partial charge < -0.3 is 10.2 Å². The summed E-state index contributed by atoms with van der Waals surface area (Å²) in [5, 5.41) is 5.09. The SMILES string of the molecule is CCCC1CCCN(C(=O)c2ccc(Cl)c(NC(=O)c3cccs3)c2)CC1. The summed E-state index contributed by atoms with van der Waals surface area (Å²) in [6, 6.07) is 8.68. The Morgan fingerprint density at radius 1 is 1.26 bits per heavy atom. The summed E-state index contributed by atoms with van der Waals surface area (Å²) in [4.78, 5) is 27.8. The van der Waals surface area contributed by atoms with Gasteiger partial charge in [-0.1, -0.05) is 37.4 Å². The van der Waals surface area contributed by atoms with Crippen LogP contribution in [0.15, 0.2) is 35.7 Å². The number of rotatable bonds is 5. The number of nitrogens with one attached hydrogen (secondary N) is 1. The van der Waals surface area contributed by atoms with Gasteiger partial charge in [0, 0.05) is 18.7 Å². The van der Waals surface area contributed by atoms with E-state index in [9.17, 15) is 9.59 Å². The number of halogens is 1. The van der Waals surface area contributed by atoms with Crippen LogP contribution in [0.25, 0.3) is 0 Å². The molecule has 0 spiro atoms. The van der Waals surface area contributed by atoms with Crippen molar-refractivity contribution in [3.63, 3.8) is 0 Å². The Hall–Kier alpha value is -1.85. The van der Waals surface area contributed by atoms with Crippen molar-refractivity contribution >= 4 is 40.4 Å². The Morgan fingerprint density at radius 3 is 2.85 bits per heavy atom. The van der Waals surface area contributed by atoms with Crippen molar-refractivity contribution in [1.29, 1.82) is 0 Å². The average molecular weight is 405 g/mol. The lowest BCUT2D eigenvalue weighted by atomic mass is 9.96. The van der Waals surface area contributed by atoms with Gasteiger partial charge in [0.1, 0.15) is 0 Å². The van der Waals surface area contributed by atoms with Crippen LogP contribution in [-0.4, -0.2) is 29.8 Å². The molecule has 3 rings (SSSR count). The van der Waals surface area contributed by atoms with E-state index >= 15 is 0 Å². The van der Waals surface area contributed by atoms with E-state index in [1.807, 2.05) is 16.3 Å². The van der Waals surface area contributed by atoms with Gasteiger partial charge in [-0.15, -0.1) is 11.3 Å². The van der Waals surface area contributed by atoms with Crippen LogP contribution in [0.5, 0.6) is 0 Å². The smallest absolute Gasteiger partial charge is 0.265 e. The number of benzene rings is 1. The van der Waals surface area contributed by atoms with E-state index < -0.39 is 0 Å². The van der Waals surface area contributed by atoms with Gasteiger partial charge in [0.2, 0.25) is 0 Å². The van der Waals surface area contributed by atoms with Crippen molar-refractivity contribution in [1.82, 2.24) is 4.90 Å². The first-order chi connectivity index (χ1) is 13.1. The Balaban J connectivity index is 1.71. The van der Waals surface area contributed by atoms with E-state index in [1.165, 1.54) is 30.6 Å². The monoisotopic (exact) mass is 404 g/mol. The van der Waals surface area contributed by atoms with Crippen LogP contribution in [0.4, 0.5) is 5.69 Å². The number of nitrogens with zero attached hydrogens (tertiary/aromatic N) is 1. The van der Waals surface area contributed by atoms with Crippen molar-refractivity contribution in [2.75, 3.05) is 18.4 Å². The average Bonchev–Trinajstić information content (AvgIpc) is 3.11. The molecule has 2 heterocycles. The molecule has 4 nitrogen and oxygen atoms in total. The molecule has 1 fully saturated rings. The van der Waals surface area contributed by atoms with Crippen molar-refractivity contribution in [3.05, 3.63) is 51.2 Å². The molecule has 144 valence electrons. The summed E-state index contributed by atoms with van der Waals surface area (Å²) < 4.78 is 0. The summed E-state index contributed by atoms with van der Waals surface area (Å²) in [6.45, 7) is 3.80. The second-order valence-corrected chi connectivity index (χ2v) is 8.36. The highest BCUT2D eigenvalue weighted by atomic mass is 35.5. The minimum Gasteiger partial charge on any atom is -0.339 e. The minimum absolute atomic E-state index is 0.00966. The normalized spacial score (nSPS) is 17.4. The third-order valence-corrected chi connectivity index (χ3v) is 6.24. The fraction of sp³-hybridized carbons (Fsp3) is 0.429. The lowest BCUT2D eigenvalue weighted by Gasteiger charge is -2.21. The molecule has 0 bridgehead atoms. The number of likely N-dealkylation sites (tertiary alicyclic amines) is 1. The minimum atomic E-state index is -0.214. The van der Waals surface area contributed by atoms with Crippen LogP contribution in [0.1, 0.15) is 59.1 Å². The summed E-state index contributed by atoms with van der Waals surface area (Å²) in [6.07, 6.45) is 5.74. The summed E-state index contributed by atoms with van der Waals surface area (Å²) in [7, 11) is 0. The fourth-order valence-electron chi connectivity index (χ4n) is 3.59. The maximum Gasteiger partial charge on any atom is 0.265 e. The quantitative estimate of drug-likeness (QED) is 0.695. The molecular formula is C21H25ClN2O2S. The number of hydrogen-bond donors (Lipinski definition) is 1. The van der Waals surface area contributed by atoms with Gasteiger partial charge in [-0.3, -0.25) is 9.59 Å². The summed E-state index contributed by atoms with van der Waals surface area (Å²) in [5.74, 6) is 0.516. The highest BCUT2D eigenvalue weighted by Crippen LogP contribution is 2.27. The number of carbonyl (C=O) groups is 2. The zero-order valence-electron chi connectivity index (χ0n) is 15.5. The van der Waals surface area contributed by atoms with Gasteiger partial charge in [-0.25, -0.2) is 0 Å². The molecule has 1 atom stereocenters. The topological polar surface area (TPSA) is 49.4 Å². The molecule has 0 aliphatic carbocycles. The van der Waals surface area contributed by atoms with E-state index in [4.69, 9.17) is 11.6 Å². The molecule has 1 N–H and O–H groups in total. The van der Waals surface area contributed by atoms with E-state index in [-0.39, 0.29) is 11.8 Å². The second kappa shape index (κ2) is 9.38. The Bertz CT molecular complexity index is 791. The number of anilines is 1. The van der Waals surface area contributed by atoms with Crippen LogP contribution in [0.2, 0.25) is 5.02 Å². The molecular weight excluding hydrogens is 380 g/mol. The van der Waals surface area contributed by atoms with Crippen LogP contribution >= 0.6 is 22.9 Å². The van der Waals surface area contributed by atoms with Crippen molar-refractivity contribution in [2.24, 2.45) is 5.92 Å². The third kappa shape index (κ3) is 5.11. The number of amides is 2. The number of hydrogen-bond acceptors (Lipinski definition) is 3. The number of carbonyl (C=O) groups excluding carboxylic acids is 2. The zero-order valence-corrected chi connectivity index (χ0v) is 17.1. The van der Waals surface area contributed by atoms with Crippen LogP contribution in [-0.2, 0) is 0 Å². The predicted octanol–water partition coefficient (Wildman–Crippen LogP) is 5.70. The van der Waals surface area contributed by atoms with Crippen molar-refractivity contribution in [3.8, 4) is 0 Å². The molecule has 1 aliphatic rings. The lowest BCUT2D eigenvalue weighted by Crippen LogP contribution is -2.32. The highest BCUT2D eigenvalue weighted by molar-refractivity contribution is 7.12. The first-order valence-corrected chi connectivity index (χ1v) is 10.8. The van der Waals surface area contributed by atoms with Gasteiger partial charge in [0.05, 0.1) is 15.6 Å². The molecule has 1 aromatic heterocycles. The van der Waals surface area contributed by atoms with Gasteiger partial charge in [0.25, 0.3) is 11.8 Å². The van der Waals surface area contributed by atoms with Gasteiger partial charge in [-0.2, -0.15) is 0 Å². The number of thiophene rings is 1. The molecule has 1 aromatic carbocycles. The Morgan fingerprint density at radius 2 is 2.11 bits per heavy atom. The molecule has 0 saturated carbocycles. The Kier molecular flexibility index (Phi) is 6.91. The lowest BCUT2D eigenvalue weighted by molar-refractivity contribution is 0.0759. The van der Waals surface area contributed by atoms with Crippen LogP contribution in [0.3, 0.4) is 0 Å². The van der Waals surface area contributed by atoms with Gasteiger partial charge in [0.15, 0.2) is 0 Å². The second-order valence-electron chi connectivity index (χ2n) is 7.00. The van der Waals surface area contributed by atoms with Gasteiger partial charge >= 0.3 is 0 Å². The van der Waals surface area contributed by atoms with Crippen LogP contribution < -0.4 is 5.32 Å². The van der Waals surface area contributed by atoms with E-state index in [1.54, 1.807) is 24.3 Å². The molecule has 2 amide bonds. The molecule has 27 heavy (non-hydrogen) atoms. The molecule has 2 aromatic rings. The van der Waals surface area contributed by atoms with E-state index in [0.29, 0.717) is 21.2 Å². The summed E-state index contributed by atoms with van der Waals surface area (Å²) in [5.41, 5.74) is 1.04.